The van der Waals surface area contributed by atoms with E-state index in [1.54, 1.807) is 0 Å². The third-order valence-corrected chi connectivity index (χ3v) is 3.44. The number of thioether (sulfide) groups is 1. The molecule has 0 radical (unpaired) electrons. The molecule has 7 heteroatoms. The van der Waals surface area contributed by atoms with E-state index in [0.29, 0.717) is 5.00 Å². The minimum Gasteiger partial charge on any atom is -0.338 e. The predicted molar refractivity (Wildman–Crippen MR) is 73.8 cm³/mol. The van der Waals surface area contributed by atoms with Crippen LogP contribution in [0.5, 0.6) is 0 Å². The molecular weight excluding hydrogens is 256 g/mol. The van der Waals surface area contributed by atoms with Gasteiger partial charge < -0.3 is 5.32 Å². The fourth-order valence-electron chi connectivity index (χ4n) is 1.31. The maximum atomic E-state index is 11.4. The van der Waals surface area contributed by atoms with Crippen molar-refractivity contribution in [3.63, 3.8) is 0 Å². The van der Waals surface area contributed by atoms with Gasteiger partial charge in [0.05, 0.1) is 6.20 Å². The Hall–Kier alpha value is -0.820. The number of unbranched alkanes of at least 4 members (excludes halogenated alkanes) is 3. The lowest BCUT2D eigenvalue weighted by Gasteiger charge is -2.05. The normalized spacial score (nSPS) is 10.2. The SMILES string of the molecule is CSCCCCCCNC(=O)Nc1cnns1. The molecular formula is C10H18N4OS2. The highest BCUT2D eigenvalue weighted by Crippen LogP contribution is 2.08. The van der Waals surface area contributed by atoms with E-state index in [1.165, 1.54) is 42.7 Å². The van der Waals surface area contributed by atoms with Gasteiger partial charge in [-0.3, -0.25) is 5.32 Å². The molecule has 1 aromatic rings. The van der Waals surface area contributed by atoms with Crippen molar-refractivity contribution in [3.8, 4) is 0 Å². The molecule has 0 aliphatic heterocycles. The fraction of sp³-hybridized carbons (Fsp3) is 0.700. The number of carbonyl (C=O) groups excluding carboxylic acids is 1. The number of nitrogens with one attached hydrogen (secondary N) is 2. The van der Waals surface area contributed by atoms with Crippen LogP contribution in [0.15, 0.2) is 6.20 Å². The van der Waals surface area contributed by atoms with Gasteiger partial charge in [-0.1, -0.05) is 17.3 Å². The van der Waals surface area contributed by atoms with Crippen molar-refractivity contribution < 1.29 is 4.79 Å². The van der Waals surface area contributed by atoms with E-state index in [2.05, 4.69) is 26.5 Å². The van der Waals surface area contributed by atoms with Gasteiger partial charge >= 0.3 is 6.03 Å². The Morgan fingerprint density at radius 2 is 2.24 bits per heavy atom. The number of aromatic nitrogens is 2. The molecule has 0 saturated heterocycles. The van der Waals surface area contributed by atoms with Gasteiger partial charge in [0, 0.05) is 18.1 Å². The molecule has 0 aromatic carbocycles. The summed E-state index contributed by atoms with van der Waals surface area (Å²) in [6, 6.07) is -0.180. The molecule has 0 saturated carbocycles. The largest absolute Gasteiger partial charge is 0.338 e. The van der Waals surface area contributed by atoms with Gasteiger partial charge in [-0.2, -0.15) is 11.8 Å². The lowest BCUT2D eigenvalue weighted by atomic mass is 10.2. The second-order valence-electron chi connectivity index (χ2n) is 3.57. The van der Waals surface area contributed by atoms with Crippen molar-refractivity contribution >= 4 is 34.3 Å². The Morgan fingerprint density at radius 1 is 1.41 bits per heavy atom. The van der Waals surface area contributed by atoms with Crippen LogP contribution in [0, 0.1) is 0 Å². The summed E-state index contributed by atoms with van der Waals surface area (Å²) in [5.74, 6) is 1.23. The van der Waals surface area contributed by atoms with Gasteiger partial charge in [0.15, 0.2) is 0 Å². The first kappa shape index (κ1) is 14.2. The summed E-state index contributed by atoms with van der Waals surface area (Å²) in [6.07, 6.45) is 8.36. The van der Waals surface area contributed by atoms with E-state index in [1.807, 2.05) is 11.8 Å². The molecule has 0 unspecified atom stereocenters. The average molecular weight is 274 g/mol. The Morgan fingerprint density at radius 3 is 2.94 bits per heavy atom. The average Bonchev–Trinajstić information content (AvgIpc) is 2.80. The summed E-state index contributed by atoms with van der Waals surface area (Å²) in [4.78, 5) is 11.4. The van der Waals surface area contributed by atoms with Crippen LogP contribution >= 0.6 is 23.3 Å². The molecule has 0 bridgehead atoms. The molecule has 2 N–H and O–H groups in total. The maximum Gasteiger partial charge on any atom is 0.319 e. The first-order valence-electron chi connectivity index (χ1n) is 5.64. The van der Waals surface area contributed by atoms with Crippen molar-refractivity contribution in [3.05, 3.63) is 6.20 Å². The summed E-state index contributed by atoms with van der Waals surface area (Å²) < 4.78 is 3.66. The predicted octanol–water partition coefficient (Wildman–Crippen LogP) is 2.58. The molecule has 1 rings (SSSR count). The number of amides is 2. The molecule has 96 valence electrons. The van der Waals surface area contributed by atoms with Crippen LogP contribution in [0.3, 0.4) is 0 Å². The number of carbonyl (C=O) groups is 1. The zero-order valence-corrected chi connectivity index (χ0v) is 11.6. The quantitative estimate of drug-likeness (QED) is 0.715. The second-order valence-corrected chi connectivity index (χ2v) is 5.34. The van der Waals surface area contributed by atoms with E-state index in [4.69, 9.17) is 0 Å². The highest BCUT2D eigenvalue weighted by molar-refractivity contribution is 7.98. The Balaban J connectivity index is 1.94. The van der Waals surface area contributed by atoms with Gasteiger partial charge in [0.1, 0.15) is 5.00 Å². The number of hydrogen-bond acceptors (Lipinski definition) is 5. The molecule has 0 fully saturated rings. The van der Waals surface area contributed by atoms with Gasteiger partial charge in [-0.15, -0.1) is 5.10 Å². The van der Waals surface area contributed by atoms with Crippen molar-refractivity contribution in [2.24, 2.45) is 0 Å². The summed E-state index contributed by atoms with van der Waals surface area (Å²) in [6.45, 7) is 0.720. The van der Waals surface area contributed by atoms with Crippen LogP contribution in [-0.4, -0.2) is 34.2 Å². The van der Waals surface area contributed by atoms with Gasteiger partial charge in [0.25, 0.3) is 0 Å². The van der Waals surface area contributed by atoms with Crippen LogP contribution in [-0.2, 0) is 0 Å². The Kier molecular flexibility index (Phi) is 7.74. The zero-order valence-electron chi connectivity index (χ0n) is 9.94. The molecule has 1 aromatic heterocycles. The molecule has 5 nitrogen and oxygen atoms in total. The monoisotopic (exact) mass is 274 g/mol. The molecule has 2 amide bonds. The van der Waals surface area contributed by atoms with Crippen molar-refractivity contribution in [2.75, 3.05) is 23.9 Å². The van der Waals surface area contributed by atoms with Gasteiger partial charge in [0.2, 0.25) is 0 Å². The van der Waals surface area contributed by atoms with Crippen molar-refractivity contribution in [1.29, 1.82) is 0 Å². The summed E-state index contributed by atoms with van der Waals surface area (Å²) >= 11 is 3.05. The standard InChI is InChI=1S/C10H18N4OS2/c1-16-7-5-3-2-4-6-11-10(15)13-9-8-12-14-17-9/h8H,2-7H2,1H3,(H2,11,13,15). The number of hydrogen-bond donors (Lipinski definition) is 2. The minimum absolute atomic E-state index is 0.180. The molecule has 17 heavy (non-hydrogen) atoms. The number of anilines is 1. The lowest BCUT2D eigenvalue weighted by molar-refractivity contribution is 0.252. The summed E-state index contributed by atoms with van der Waals surface area (Å²) in [5.41, 5.74) is 0. The highest BCUT2D eigenvalue weighted by atomic mass is 32.2. The fourth-order valence-corrected chi connectivity index (χ4v) is 2.21. The maximum absolute atomic E-state index is 11.4. The highest BCUT2D eigenvalue weighted by Gasteiger charge is 2.01. The third-order valence-electron chi connectivity index (χ3n) is 2.16. The molecule has 0 aliphatic rings. The molecule has 0 aliphatic carbocycles. The summed E-state index contributed by atoms with van der Waals surface area (Å²) in [5, 5.41) is 9.79. The van der Waals surface area contributed by atoms with Gasteiger partial charge in [-0.25, -0.2) is 4.79 Å². The number of rotatable bonds is 8. The smallest absolute Gasteiger partial charge is 0.319 e. The zero-order chi connectivity index (χ0) is 12.3. The van der Waals surface area contributed by atoms with Crippen molar-refractivity contribution in [1.82, 2.24) is 14.9 Å². The van der Waals surface area contributed by atoms with E-state index < -0.39 is 0 Å². The van der Waals surface area contributed by atoms with Crippen LogP contribution in [0.1, 0.15) is 25.7 Å². The van der Waals surface area contributed by atoms with Crippen LogP contribution in [0.25, 0.3) is 0 Å². The molecule has 1 heterocycles. The van der Waals surface area contributed by atoms with Crippen LogP contribution in [0.2, 0.25) is 0 Å². The van der Waals surface area contributed by atoms with Gasteiger partial charge in [-0.05, 0) is 24.9 Å². The lowest BCUT2D eigenvalue weighted by Crippen LogP contribution is -2.29. The third kappa shape index (κ3) is 7.17. The Labute approximate surface area is 110 Å². The topological polar surface area (TPSA) is 66.9 Å². The Bertz CT molecular complexity index is 305. The molecule has 0 atom stereocenters. The minimum atomic E-state index is -0.180. The first-order chi connectivity index (χ1) is 8.33. The van der Waals surface area contributed by atoms with Crippen LogP contribution in [0.4, 0.5) is 9.80 Å². The van der Waals surface area contributed by atoms with E-state index in [0.717, 1.165) is 13.0 Å². The van der Waals surface area contributed by atoms with E-state index in [-0.39, 0.29) is 6.03 Å². The molecule has 0 spiro atoms. The first-order valence-corrected chi connectivity index (χ1v) is 7.81. The van der Waals surface area contributed by atoms with Crippen LogP contribution < -0.4 is 10.6 Å². The number of urea groups is 1. The van der Waals surface area contributed by atoms with Crippen molar-refractivity contribution in [2.45, 2.75) is 25.7 Å². The van der Waals surface area contributed by atoms with E-state index >= 15 is 0 Å². The van der Waals surface area contributed by atoms with E-state index in [9.17, 15) is 4.79 Å². The second kappa shape index (κ2) is 9.23. The summed E-state index contributed by atoms with van der Waals surface area (Å²) in [7, 11) is 0. The number of nitrogens with zero attached hydrogens (tertiary/aromatic N) is 2.